The van der Waals surface area contributed by atoms with Crippen molar-refractivity contribution in [3.63, 3.8) is 0 Å². The summed E-state index contributed by atoms with van der Waals surface area (Å²) in [7, 11) is 0. The summed E-state index contributed by atoms with van der Waals surface area (Å²) in [6.07, 6.45) is 0. The van der Waals surface area contributed by atoms with E-state index in [-0.39, 0.29) is 0 Å². The number of hydrogen-bond donors (Lipinski definition) is 2. The molecule has 30 heavy (non-hydrogen) atoms. The lowest BCUT2D eigenvalue weighted by atomic mass is 10.1. The molecule has 0 unspecified atom stereocenters. The van der Waals surface area contributed by atoms with Crippen LogP contribution >= 0.6 is 0 Å². The van der Waals surface area contributed by atoms with Crippen LogP contribution in [0.5, 0.6) is 0 Å². The van der Waals surface area contributed by atoms with Gasteiger partial charge in [-0.2, -0.15) is 0 Å². The Hall–Kier alpha value is -4.18. The largest absolute Gasteiger partial charge is 0.335 e. The Kier molecular flexibility index (Phi) is 3.74. The second-order valence-electron chi connectivity index (χ2n) is 7.37. The standard InChI is InChI=1S/C26H18N4/c1-3-7-17(8-4-1)19-11-13-21-23(15-19)29-25(27-21)26-28-22-14-12-20(16-24(22)30-26)18-9-5-2-6-10-18/h1-16H,(H,27,29)(H,28,30). The Balaban J connectivity index is 1.40. The van der Waals surface area contributed by atoms with Crippen LogP contribution in [0.2, 0.25) is 0 Å². The fourth-order valence-corrected chi connectivity index (χ4v) is 3.86. The maximum Gasteiger partial charge on any atom is 0.174 e. The molecule has 0 radical (unpaired) electrons. The Morgan fingerprint density at radius 2 is 0.867 bits per heavy atom. The van der Waals surface area contributed by atoms with Crippen molar-refractivity contribution < 1.29 is 0 Å². The number of aromatic nitrogens is 4. The lowest BCUT2D eigenvalue weighted by Gasteiger charge is -2.00. The molecule has 6 aromatic rings. The van der Waals surface area contributed by atoms with Gasteiger partial charge in [0, 0.05) is 0 Å². The molecule has 0 amide bonds. The van der Waals surface area contributed by atoms with E-state index in [4.69, 9.17) is 9.97 Å². The molecule has 0 aliphatic carbocycles. The normalized spacial score (nSPS) is 11.3. The minimum absolute atomic E-state index is 0.743. The van der Waals surface area contributed by atoms with Gasteiger partial charge in [-0.1, -0.05) is 72.8 Å². The molecule has 0 atom stereocenters. The number of hydrogen-bond acceptors (Lipinski definition) is 2. The minimum atomic E-state index is 0.743. The molecular weight excluding hydrogens is 368 g/mol. The van der Waals surface area contributed by atoms with Crippen LogP contribution in [0.4, 0.5) is 0 Å². The number of nitrogens with zero attached hydrogens (tertiary/aromatic N) is 2. The molecule has 0 aliphatic heterocycles. The van der Waals surface area contributed by atoms with Crippen molar-refractivity contribution in [1.29, 1.82) is 0 Å². The summed E-state index contributed by atoms with van der Waals surface area (Å²) in [4.78, 5) is 16.3. The lowest BCUT2D eigenvalue weighted by molar-refractivity contribution is 1.22. The molecule has 2 heterocycles. The van der Waals surface area contributed by atoms with Gasteiger partial charge in [-0.15, -0.1) is 0 Å². The van der Waals surface area contributed by atoms with E-state index in [0.717, 1.165) is 44.8 Å². The topological polar surface area (TPSA) is 57.4 Å². The van der Waals surface area contributed by atoms with Crippen molar-refractivity contribution in [2.75, 3.05) is 0 Å². The fourth-order valence-electron chi connectivity index (χ4n) is 3.86. The minimum Gasteiger partial charge on any atom is -0.335 e. The van der Waals surface area contributed by atoms with Gasteiger partial charge in [0.25, 0.3) is 0 Å². The second-order valence-corrected chi connectivity index (χ2v) is 7.37. The van der Waals surface area contributed by atoms with E-state index in [1.54, 1.807) is 0 Å². The van der Waals surface area contributed by atoms with Crippen LogP contribution in [-0.4, -0.2) is 19.9 Å². The van der Waals surface area contributed by atoms with Crippen LogP contribution in [0.1, 0.15) is 0 Å². The molecule has 6 rings (SSSR count). The highest BCUT2D eigenvalue weighted by Gasteiger charge is 2.12. The van der Waals surface area contributed by atoms with Gasteiger partial charge in [-0.25, -0.2) is 9.97 Å². The SMILES string of the molecule is c1ccc(-c2ccc3nc(-c4nc5ccc(-c6ccccc6)cc5[nH]4)[nH]c3c2)cc1. The number of rotatable bonds is 3. The monoisotopic (exact) mass is 386 g/mol. The zero-order valence-electron chi connectivity index (χ0n) is 16.1. The van der Waals surface area contributed by atoms with E-state index in [9.17, 15) is 0 Å². The van der Waals surface area contributed by atoms with Crippen molar-refractivity contribution in [2.45, 2.75) is 0 Å². The predicted octanol–water partition coefficient (Wildman–Crippen LogP) is 6.44. The van der Waals surface area contributed by atoms with Crippen molar-refractivity contribution in [1.82, 2.24) is 19.9 Å². The number of fused-ring (bicyclic) bond motifs is 2. The summed E-state index contributed by atoms with van der Waals surface area (Å²) in [5, 5.41) is 0. The highest BCUT2D eigenvalue weighted by Crippen LogP contribution is 2.28. The smallest absolute Gasteiger partial charge is 0.174 e. The van der Waals surface area contributed by atoms with Crippen LogP contribution in [-0.2, 0) is 0 Å². The summed E-state index contributed by atoms with van der Waals surface area (Å²) in [6.45, 7) is 0. The third-order valence-corrected chi connectivity index (χ3v) is 5.40. The summed E-state index contributed by atoms with van der Waals surface area (Å²) in [6, 6.07) is 33.3. The molecular formula is C26H18N4. The first-order chi connectivity index (χ1) is 14.8. The van der Waals surface area contributed by atoms with E-state index in [1.807, 2.05) is 24.3 Å². The molecule has 0 bridgehead atoms. The number of benzene rings is 4. The molecule has 4 aromatic carbocycles. The quantitative estimate of drug-likeness (QED) is 0.368. The first-order valence-corrected chi connectivity index (χ1v) is 9.94. The average molecular weight is 386 g/mol. The molecule has 0 spiro atoms. The summed E-state index contributed by atoms with van der Waals surface area (Å²) in [5.74, 6) is 1.49. The van der Waals surface area contributed by atoms with Gasteiger partial charge in [0.2, 0.25) is 0 Å². The first-order valence-electron chi connectivity index (χ1n) is 9.94. The van der Waals surface area contributed by atoms with Gasteiger partial charge in [0.1, 0.15) is 0 Å². The molecule has 4 nitrogen and oxygen atoms in total. The van der Waals surface area contributed by atoms with Crippen LogP contribution in [0.25, 0.3) is 56.0 Å². The molecule has 0 fully saturated rings. The molecule has 4 heteroatoms. The fraction of sp³-hybridized carbons (Fsp3) is 0. The number of aromatic amines is 2. The summed E-state index contributed by atoms with van der Waals surface area (Å²) in [5.41, 5.74) is 8.55. The van der Waals surface area contributed by atoms with Crippen molar-refractivity contribution in [3.8, 4) is 33.9 Å². The van der Waals surface area contributed by atoms with Gasteiger partial charge in [-0.05, 0) is 46.5 Å². The van der Waals surface area contributed by atoms with Crippen LogP contribution in [0.15, 0.2) is 97.1 Å². The van der Waals surface area contributed by atoms with Crippen LogP contribution in [0.3, 0.4) is 0 Å². The van der Waals surface area contributed by atoms with Crippen molar-refractivity contribution in [2.24, 2.45) is 0 Å². The van der Waals surface area contributed by atoms with E-state index in [0.29, 0.717) is 0 Å². The van der Waals surface area contributed by atoms with E-state index < -0.39 is 0 Å². The number of nitrogens with one attached hydrogen (secondary N) is 2. The second kappa shape index (κ2) is 6.71. The zero-order valence-corrected chi connectivity index (χ0v) is 16.1. The van der Waals surface area contributed by atoms with Crippen molar-refractivity contribution >= 4 is 22.1 Å². The highest BCUT2D eigenvalue weighted by atomic mass is 15.0. The molecule has 2 aromatic heterocycles. The number of H-pyrrole nitrogens is 2. The van der Waals surface area contributed by atoms with Gasteiger partial charge < -0.3 is 9.97 Å². The Bertz CT molecular complexity index is 1360. The van der Waals surface area contributed by atoms with Gasteiger partial charge in [0.05, 0.1) is 22.1 Å². The molecule has 142 valence electrons. The molecule has 0 saturated carbocycles. The maximum absolute atomic E-state index is 4.74. The van der Waals surface area contributed by atoms with Crippen LogP contribution in [0, 0.1) is 0 Å². The van der Waals surface area contributed by atoms with Crippen molar-refractivity contribution in [3.05, 3.63) is 97.1 Å². The van der Waals surface area contributed by atoms with E-state index in [2.05, 4.69) is 82.8 Å². The van der Waals surface area contributed by atoms with Crippen LogP contribution < -0.4 is 0 Å². The molecule has 2 N–H and O–H groups in total. The third-order valence-electron chi connectivity index (χ3n) is 5.40. The third kappa shape index (κ3) is 2.86. The molecule has 0 aliphatic rings. The van der Waals surface area contributed by atoms with Gasteiger partial charge in [0.15, 0.2) is 11.6 Å². The Labute approximate surface area is 173 Å². The summed E-state index contributed by atoms with van der Waals surface area (Å²) >= 11 is 0. The number of imidazole rings is 2. The maximum atomic E-state index is 4.74. The van der Waals surface area contributed by atoms with E-state index in [1.165, 1.54) is 11.1 Å². The lowest BCUT2D eigenvalue weighted by Crippen LogP contribution is -1.81. The predicted molar refractivity (Wildman–Crippen MR) is 122 cm³/mol. The van der Waals surface area contributed by atoms with E-state index >= 15 is 0 Å². The zero-order chi connectivity index (χ0) is 19.9. The Morgan fingerprint density at radius 3 is 1.30 bits per heavy atom. The summed E-state index contributed by atoms with van der Waals surface area (Å²) < 4.78 is 0. The average Bonchev–Trinajstić information content (AvgIpc) is 3.43. The molecule has 0 saturated heterocycles. The van der Waals surface area contributed by atoms with Gasteiger partial charge in [-0.3, -0.25) is 0 Å². The first kappa shape index (κ1) is 16.7. The highest BCUT2D eigenvalue weighted by molar-refractivity contribution is 5.87. The van der Waals surface area contributed by atoms with Gasteiger partial charge >= 0.3 is 0 Å². The Morgan fingerprint density at radius 1 is 0.433 bits per heavy atom.